The third kappa shape index (κ3) is 1.12. The maximum atomic E-state index is 10.8. The molecule has 0 fully saturated rings. The predicted octanol–water partition coefficient (Wildman–Crippen LogP) is 1.28. The summed E-state index contributed by atoms with van der Waals surface area (Å²) in [6.07, 6.45) is 1.33. The number of hydrogen-bond acceptors (Lipinski definition) is 5. The minimum atomic E-state index is -0.954. The number of thiophene rings is 1. The molecule has 6 heteroatoms. The van der Waals surface area contributed by atoms with Crippen molar-refractivity contribution in [2.24, 2.45) is 0 Å². The van der Waals surface area contributed by atoms with Crippen molar-refractivity contribution in [1.82, 2.24) is 9.97 Å². The fraction of sp³-hybridized carbons (Fsp3) is 0.125. The normalized spacial score (nSPS) is 10.6. The number of nitrogen functional groups attached to an aromatic ring is 1. The molecule has 0 saturated heterocycles. The monoisotopic (exact) mass is 209 g/mol. The van der Waals surface area contributed by atoms with Crippen LogP contribution >= 0.6 is 11.3 Å². The third-order valence-corrected chi connectivity index (χ3v) is 3.14. The van der Waals surface area contributed by atoms with Gasteiger partial charge in [-0.15, -0.1) is 11.3 Å². The molecule has 0 aliphatic rings. The fourth-order valence-corrected chi connectivity index (χ4v) is 2.30. The van der Waals surface area contributed by atoms with Crippen LogP contribution in [0.15, 0.2) is 6.33 Å². The molecular weight excluding hydrogens is 202 g/mol. The third-order valence-electron chi connectivity index (χ3n) is 1.95. The lowest BCUT2D eigenvalue weighted by atomic mass is 10.2. The molecule has 0 spiro atoms. The van der Waals surface area contributed by atoms with Crippen molar-refractivity contribution < 1.29 is 9.90 Å². The lowest BCUT2D eigenvalue weighted by molar-refractivity contribution is 0.0701. The molecule has 0 saturated carbocycles. The van der Waals surface area contributed by atoms with Crippen LogP contribution < -0.4 is 5.73 Å². The second-order valence-electron chi connectivity index (χ2n) is 2.80. The van der Waals surface area contributed by atoms with Gasteiger partial charge in [0.15, 0.2) is 0 Å². The number of nitrogens with two attached hydrogens (primary N) is 1. The van der Waals surface area contributed by atoms with Crippen molar-refractivity contribution in [2.75, 3.05) is 5.73 Å². The molecule has 5 nitrogen and oxygen atoms in total. The number of hydrogen-bond donors (Lipinski definition) is 2. The van der Waals surface area contributed by atoms with Crippen LogP contribution in [0.25, 0.3) is 10.2 Å². The summed E-state index contributed by atoms with van der Waals surface area (Å²) in [6, 6.07) is 0. The van der Waals surface area contributed by atoms with Crippen molar-refractivity contribution >= 4 is 33.3 Å². The second kappa shape index (κ2) is 2.91. The van der Waals surface area contributed by atoms with Gasteiger partial charge in [-0.1, -0.05) is 0 Å². The Bertz CT molecular complexity index is 521. The van der Waals surface area contributed by atoms with Gasteiger partial charge in [-0.25, -0.2) is 14.8 Å². The Morgan fingerprint density at radius 3 is 2.86 bits per heavy atom. The van der Waals surface area contributed by atoms with Crippen LogP contribution in [0.5, 0.6) is 0 Å². The summed E-state index contributed by atoms with van der Waals surface area (Å²) in [7, 11) is 0. The number of nitrogens with zero attached hydrogens (tertiary/aromatic N) is 2. The van der Waals surface area contributed by atoms with Gasteiger partial charge in [0.05, 0.1) is 5.39 Å². The smallest absolute Gasteiger partial charge is 0.346 e. The number of aromatic nitrogens is 2. The highest BCUT2D eigenvalue weighted by atomic mass is 32.1. The quantitative estimate of drug-likeness (QED) is 0.738. The molecule has 14 heavy (non-hydrogen) atoms. The van der Waals surface area contributed by atoms with Crippen LogP contribution in [0.2, 0.25) is 0 Å². The number of anilines is 1. The van der Waals surface area contributed by atoms with E-state index in [1.807, 2.05) is 0 Å². The van der Waals surface area contributed by atoms with Gasteiger partial charge < -0.3 is 10.8 Å². The van der Waals surface area contributed by atoms with Crippen LogP contribution in [-0.2, 0) is 0 Å². The van der Waals surface area contributed by atoms with Gasteiger partial charge in [0.25, 0.3) is 0 Å². The molecule has 3 N–H and O–H groups in total. The van der Waals surface area contributed by atoms with E-state index in [2.05, 4.69) is 9.97 Å². The van der Waals surface area contributed by atoms with Crippen LogP contribution in [0.3, 0.4) is 0 Å². The number of rotatable bonds is 1. The average molecular weight is 209 g/mol. The highest BCUT2D eigenvalue weighted by Crippen LogP contribution is 2.31. The minimum Gasteiger partial charge on any atom is -0.477 e. The van der Waals surface area contributed by atoms with Crippen LogP contribution in [0, 0.1) is 6.92 Å². The van der Waals surface area contributed by atoms with E-state index in [4.69, 9.17) is 10.8 Å². The molecule has 0 radical (unpaired) electrons. The van der Waals surface area contributed by atoms with E-state index in [0.29, 0.717) is 21.6 Å². The summed E-state index contributed by atoms with van der Waals surface area (Å²) in [6.45, 7) is 1.71. The molecular formula is C8H7N3O2S. The maximum Gasteiger partial charge on any atom is 0.346 e. The molecule has 0 amide bonds. The van der Waals surface area contributed by atoms with E-state index >= 15 is 0 Å². The lowest BCUT2D eigenvalue weighted by Gasteiger charge is -1.94. The van der Waals surface area contributed by atoms with E-state index < -0.39 is 5.97 Å². The van der Waals surface area contributed by atoms with Crippen molar-refractivity contribution in [3.63, 3.8) is 0 Å². The SMILES string of the molecule is Cc1c(C(=O)O)sc2ncnc(N)c12. The zero-order valence-electron chi connectivity index (χ0n) is 7.31. The largest absolute Gasteiger partial charge is 0.477 e. The number of carbonyl (C=O) groups is 1. The Kier molecular flexibility index (Phi) is 1.85. The Morgan fingerprint density at radius 2 is 2.29 bits per heavy atom. The Balaban J connectivity index is 2.87. The molecule has 0 unspecified atom stereocenters. The minimum absolute atomic E-state index is 0.271. The van der Waals surface area contributed by atoms with Crippen LogP contribution in [-0.4, -0.2) is 21.0 Å². The highest BCUT2D eigenvalue weighted by molar-refractivity contribution is 7.20. The molecule has 0 atom stereocenters. The van der Waals surface area contributed by atoms with Gasteiger partial charge in [-0.2, -0.15) is 0 Å². The molecule has 0 aliphatic carbocycles. The van der Waals surface area contributed by atoms with E-state index in [9.17, 15) is 4.79 Å². The average Bonchev–Trinajstić information content (AvgIpc) is 2.45. The number of aryl methyl sites for hydroxylation is 1. The first-order valence-corrected chi connectivity index (χ1v) is 4.65. The zero-order valence-corrected chi connectivity index (χ0v) is 8.13. The first kappa shape index (κ1) is 8.89. The predicted molar refractivity (Wildman–Crippen MR) is 53.5 cm³/mol. The topological polar surface area (TPSA) is 89.1 Å². The van der Waals surface area contributed by atoms with Crippen molar-refractivity contribution in [3.05, 3.63) is 16.8 Å². The van der Waals surface area contributed by atoms with E-state index in [-0.39, 0.29) is 4.88 Å². The Hall–Kier alpha value is -1.69. The van der Waals surface area contributed by atoms with Crippen LogP contribution in [0.4, 0.5) is 5.82 Å². The van der Waals surface area contributed by atoms with Gasteiger partial charge in [-0.05, 0) is 12.5 Å². The summed E-state index contributed by atoms with van der Waals surface area (Å²) in [5.41, 5.74) is 6.27. The summed E-state index contributed by atoms with van der Waals surface area (Å²) in [4.78, 5) is 19.5. The summed E-state index contributed by atoms with van der Waals surface area (Å²) in [5.74, 6) is -0.624. The first-order chi connectivity index (χ1) is 6.61. The Labute approximate surface area is 83.2 Å². The fourth-order valence-electron chi connectivity index (χ4n) is 1.30. The van der Waals surface area contributed by atoms with Gasteiger partial charge in [0, 0.05) is 0 Å². The summed E-state index contributed by atoms with van der Waals surface area (Å²) >= 11 is 1.12. The second-order valence-corrected chi connectivity index (χ2v) is 3.80. The van der Waals surface area contributed by atoms with Crippen LogP contribution in [0.1, 0.15) is 15.2 Å². The molecule has 0 aromatic carbocycles. The van der Waals surface area contributed by atoms with Gasteiger partial charge in [-0.3, -0.25) is 0 Å². The molecule has 2 aromatic rings. The van der Waals surface area contributed by atoms with E-state index in [1.54, 1.807) is 6.92 Å². The van der Waals surface area contributed by atoms with Gasteiger partial charge in [0.1, 0.15) is 21.9 Å². The summed E-state index contributed by atoms with van der Waals surface area (Å²) < 4.78 is 0. The van der Waals surface area contributed by atoms with Crippen molar-refractivity contribution in [3.8, 4) is 0 Å². The number of carboxylic acids is 1. The number of fused-ring (bicyclic) bond motifs is 1. The lowest BCUT2D eigenvalue weighted by Crippen LogP contribution is -1.95. The van der Waals surface area contributed by atoms with Gasteiger partial charge >= 0.3 is 5.97 Å². The van der Waals surface area contributed by atoms with E-state index in [1.165, 1.54) is 6.33 Å². The van der Waals surface area contributed by atoms with Gasteiger partial charge in [0.2, 0.25) is 0 Å². The first-order valence-electron chi connectivity index (χ1n) is 3.84. The maximum absolute atomic E-state index is 10.8. The molecule has 0 bridgehead atoms. The number of carboxylic acid groups (broad SMARTS) is 1. The number of aromatic carboxylic acids is 1. The zero-order chi connectivity index (χ0) is 10.3. The molecule has 0 aliphatic heterocycles. The van der Waals surface area contributed by atoms with E-state index in [0.717, 1.165) is 11.3 Å². The molecule has 72 valence electrons. The van der Waals surface area contributed by atoms with Crippen molar-refractivity contribution in [2.45, 2.75) is 6.92 Å². The standard InChI is InChI=1S/C8H7N3O2S/c1-3-4-6(9)10-2-11-7(4)14-5(3)8(12)13/h2H,1H3,(H,12,13)(H2,9,10,11). The summed E-state index contributed by atoms with van der Waals surface area (Å²) in [5, 5.41) is 9.53. The highest BCUT2D eigenvalue weighted by Gasteiger charge is 2.16. The molecule has 2 aromatic heterocycles. The van der Waals surface area contributed by atoms with Crippen molar-refractivity contribution in [1.29, 1.82) is 0 Å². The molecule has 2 heterocycles. The molecule has 2 rings (SSSR count). The Morgan fingerprint density at radius 1 is 1.57 bits per heavy atom.